The Hall–Kier alpha value is -0.910. The van der Waals surface area contributed by atoms with Gasteiger partial charge in [-0.05, 0) is 31.0 Å². The molecule has 1 aromatic carbocycles. The van der Waals surface area contributed by atoms with Crippen molar-refractivity contribution in [3.05, 3.63) is 35.4 Å². The molecule has 0 aromatic heterocycles. The van der Waals surface area contributed by atoms with Gasteiger partial charge in [-0.2, -0.15) is 0 Å². The van der Waals surface area contributed by atoms with Gasteiger partial charge in [0.05, 0.1) is 5.75 Å². The van der Waals surface area contributed by atoms with Gasteiger partial charge in [0, 0.05) is 19.6 Å². The highest BCUT2D eigenvalue weighted by molar-refractivity contribution is 7.88. The SMILES string of the molecule is CCC(CC)N(C)S(=O)(=O)Cc1cccc(CNC)c1. The van der Waals surface area contributed by atoms with Crippen LogP contribution in [0.15, 0.2) is 24.3 Å². The molecule has 0 fully saturated rings. The summed E-state index contributed by atoms with van der Waals surface area (Å²) in [5.74, 6) is 0.0670. The van der Waals surface area contributed by atoms with Gasteiger partial charge in [0.15, 0.2) is 0 Å². The van der Waals surface area contributed by atoms with Crippen molar-refractivity contribution >= 4 is 10.0 Å². The predicted molar refractivity (Wildman–Crippen MR) is 84.0 cm³/mol. The Morgan fingerprint density at radius 1 is 1.20 bits per heavy atom. The molecule has 0 amide bonds. The summed E-state index contributed by atoms with van der Waals surface area (Å²) in [6, 6.07) is 7.82. The van der Waals surface area contributed by atoms with Gasteiger partial charge >= 0.3 is 0 Å². The Morgan fingerprint density at radius 2 is 1.80 bits per heavy atom. The molecule has 0 aliphatic carbocycles. The normalized spacial score (nSPS) is 12.3. The van der Waals surface area contributed by atoms with E-state index in [-0.39, 0.29) is 11.8 Å². The summed E-state index contributed by atoms with van der Waals surface area (Å²) < 4.78 is 26.4. The van der Waals surface area contributed by atoms with Gasteiger partial charge in [-0.3, -0.25) is 0 Å². The molecular weight excluding hydrogens is 272 g/mol. The summed E-state index contributed by atoms with van der Waals surface area (Å²) in [5.41, 5.74) is 1.95. The minimum Gasteiger partial charge on any atom is -0.316 e. The number of hydrogen-bond donors (Lipinski definition) is 1. The highest BCUT2D eigenvalue weighted by Gasteiger charge is 2.24. The summed E-state index contributed by atoms with van der Waals surface area (Å²) in [7, 11) is 0.309. The lowest BCUT2D eigenvalue weighted by Crippen LogP contribution is -2.37. The van der Waals surface area contributed by atoms with E-state index in [0.29, 0.717) is 0 Å². The molecular formula is C15H26N2O2S. The van der Waals surface area contributed by atoms with Crippen LogP contribution in [0.4, 0.5) is 0 Å². The van der Waals surface area contributed by atoms with Gasteiger partial charge in [-0.1, -0.05) is 38.1 Å². The summed E-state index contributed by atoms with van der Waals surface area (Å²) in [6.45, 7) is 4.79. The van der Waals surface area contributed by atoms with Crippen molar-refractivity contribution in [1.29, 1.82) is 0 Å². The third kappa shape index (κ3) is 4.58. The summed E-state index contributed by atoms with van der Waals surface area (Å²) in [5, 5.41) is 3.07. The third-order valence-corrected chi connectivity index (χ3v) is 5.49. The third-order valence-electron chi connectivity index (χ3n) is 3.62. The minimum atomic E-state index is -3.26. The molecule has 0 heterocycles. The van der Waals surface area contributed by atoms with Crippen LogP contribution in [0, 0.1) is 0 Å². The highest BCUT2D eigenvalue weighted by atomic mass is 32.2. The lowest BCUT2D eigenvalue weighted by molar-refractivity contribution is 0.349. The smallest absolute Gasteiger partial charge is 0.218 e. The molecule has 0 saturated carbocycles. The zero-order chi connectivity index (χ0) is 15.2. The average molecular weight is 298 g/mol. The molecule has 4 nitrogen and oxygen atoms in total. The van der Waals surface area contributed by atoms with Crippen molar-refractivity contribution in [3.8, 4) is 0 Å². The second-order valence-electron chi connectivity index (χ2n) is 5.09. The van der Waals surface area contributed by atoms with Crippen LogP contribution in [-0.4, -0.2) is 32.9 Å². The van der Waals surface area contributed by atoms with Crippen molar-refractivity contribution in [3.63, 3.8) is 0 Å². The van der Waals surface area contributed by atoms with Crippen molar-refractivity contribution in [2.75, 3.05) is 14.1 Å². The van der Waals surface area contributed by atoms with Gasteiger partial charge < -0.3 is 5.32 Å². The first-order valence-electron chi connectivity index (χ1n) is 7.12. The fourth-order valence-electron chi connectivity index (χ4n) is 2.38. The van der Waals surface area contributed by atoms with Crippen LogP contribution in [0.25, 0.3) is 0 Å². The van der Waals surface area contributed by atoms with E-state index in [1.54, 1.807) is 7.05 Å². The van der Waals surface area contributed by atoms with E-state index in [9.17, 15) is 8.42 Å². The monoisotopic (exact) mass is 298 g/mol. The Balaban J connectivity index is 2.87. The van der Waals surface area contributed by atoms with Gasteiger partial charge in [0.2, 0.25) is 10.0 Å². The summed E-state index contributed by atoms with van der Waals surface area (Å²) in [6.07, 6.45) is 1.68. The number of benzene rings is 1. The molecule has 0 unspecified atom stereocenters. The molecule has 0 radical (unpaired) electrons. The second-order valence-corrected chi connectivity index (χ2v) is 7.12. The average Bonchev–Trinajstić information content (AvgIpc) is 2.40. The van der Waals surface area contributed by atoms with Crippen molar-refractivity contribution in [2.24, 2.45) is 0 Å². The van der Waals surface area contributed by atoms with Gasteiger partial charge in [0.25, 0.3) is 0 Å². The van der Waals surface area contributed by atoms with Crippen LogP contribution in [-0.2, 0) is 22.3 Å². The van der Waals surface area contributed by atoms with Crippen molar-refractivity contribution in [2.45, 2.75) is 45.0 Å². The first-order valence-corrected chi connectivity index (χ1v) is 8.73. The largest absolute Gasteiger partial charge is 0.316 e. The summed E-state index contributed by atoms with van der Waals surface area (Å²) >= 11 is 0. The molecule has 0 bridgehead atoms. The van der Waals surface area contributed by atoms with Crippen LogP contribution in [0.5, 0.6) is 0 Å². The fraction of sp³-hybridized carbons (Fsp3) is 0.600. The van der Waals surface area contributed by atoms with Gasteiger partial charge in [-0.25, -0.2) is 12.7 Å². The molecule has 1 rings (SSSR count). The lowest BCUT2D eigenvalue weighted by Gasteiger charge is -2.25. The topological polar surface area (TPSA) is 49.4 Å². The molecule has 0 aliphatic rings. The predicted octanol–water partition coefficient (Wildman–Crippen LogP) is 2.36. The highest BCUT2D eigenvalue weighted by Crippen LogP contribution is 2.16. The van der Waals surface area contributed by atoms with Crippen LogP contribution in [0.1, 0.15) is 37.8 Å². The first kappa shape index (κ1) is 17.1. The van der Waals surface area contributed by atoms with Crippen molar-refractivity contribution in [1.82, 2.24) is 9.62 Å². The Labute approximate surface area is 123 Å². The standard InChI is InChI=1S/C15H26N2O2S/c1-5-15(6-2)17(4)20(18,19)12-14-9-7-8-13(10-14)11-16-3/h7-10,15-16H,5-6,11-12H2,1-4H3. The Kier molecular flexibility index (Phi) is 6.65. The maximum absolute atomic E-state index is 12.4. The maximum atomic E-state index is 12.4. The van der Waals surface area contributed by atoms with E-state index >= 15 is 0 Å². The van der Waals surface area contributed by atoms with E-state index < -0.39 is 10.0 Å². The number of rotatable bonds is 8. The zero-order valence-corrected chi connectivity index (χ0v) is 13.7. The van der Waals surface area contributed by atoms with Gasteiger partial charge in [0.1, 0.15) is 0 Å². The first-order chi connectivity index (χ1) is 9.44. The molecule has 114 valence electrons. The maximum Gasteiger partial charge on any atom is 0.218 e. The second kappa shape index (κ2) is 7.76. The van der Waals surface area contributed by atoms with Crippen LogP contribution < -0.4 is 5.32 Å². The molecule has 0 spiro atoms. The van der Waals surface area contributed by atoms with Crippen LogP contribution in [0.3, 0.4) is 0 Å². The molecule has 0 atom stereocenters. The molecule has 20 heavy (non-hydrogen) atoms. The Bertz CT molecular complexity index is 510. The summed E-state index contributed by atoms with van der Waals surface area (Å²) in [4.78, 5) is 0. The van der Waals surface area contributed by atoms with Crippen LogP contribution in [0.2, 0.25) is 0 Å². The van der Waals surface area contributed by atoms with Crippen LogP contribution >= 0.6 is 0 Å². The van der Waals surface area contributed by atoms with E-state index in [0.717, 1.165) is 30.5 Å². The quantitative estimate of drug-likeness (QED) is 0.801. The van der Waals surface area contributed by atoms with E-state index in [4.69, 9.17) is 0 Å². The molecule has 0 saturated heterocycles. The van der Waals surface area contributed by atoms with E-state index in [1.807, 2.05) is 45.2 Å². The van der Waals surface area contributed by atoms with Gasteiger partial charge in [-0.15, -0.1) is 0 Å². The lowest BCUT2D eigenvalue weighted by atomic mass is 10.1. The van der Waals surface area contributed by atoms with E-state index in [1.165, 1.54) is 4.31 Å². The number of nitrogens with zero attached hydrogens (tertiary/aromatic N) is 1. The minimum absolute atomic E-state index is 0.0670. The fourth-order valence-corrected chi connectivity index (χ4v) is 3.93. The van der Waals surface area contributed by atoms with E-state index in [2.05, 4.69) is 5.32 Å². The zero-order valence-electron chi connectivity index (χ0n) is 12.9. The molecule has 1 N–H and O–H groups in total. The number of sulfonamides is 1. The molecule has 0 aliphatic heterocycles. The number of hydrogen-bond acceptors (Lipinski definition) is 3. The van der Waals surface area contributed by atoms with Crippen molar-refractivity contribution < 1.29 is 8.42 Å². The Morgan fingerprint density at radius 3 is 2.35 bits per heavy atom. The molecule has 1 aromatic rings. The number of nitrogens with one attached hydrogen (secondary N) is 1. The molecule has 5 heteroatoms.